The SMILES string of the molecule is CCOC(=O)CN1C(Oc2ccc(Cl)cc2)CC(OC)COP1(=O)c1ccc(OC)cc1. The van der Waals surface area contributed by atoms with E-state index in [0.29, 0.717) is 28.2 Å². The summed E-state index contributed by atoms with van der Waals surface area (Å²) >= 11 is 5.99. The van der Waals surface area contributed by atoms with Gasteiger partial charge in [0.1, 0.15) is 18.0 Å². The number of benzene rings is 2. The van der Waals surface area contributed by atoms with Crippen LogP contribution in [0.4, 0.5) is 0 Å². The minimum atomic E-state index is -3.73. The smallest absolute Gasteiger partial charge is 0.320 e. The summed E-state index contributed by atoms with van der Waals surface area (Å²) in [5.41, 5.74) is 0. The second-order valence-corrected chi connectivity index (χ2v) is 9.80. The van der Waals surface area contributed by atoms with Gasteiger partial charge in [-0.15, -0.1) is 0 Å². The molecule has 0 radical (unpaired) electrons. The van der Waals surface area contributed by atoms with Gasteiger partial charge in [-0.1, -0.05) is 11.6 Å². The Labute approximate surface area is 192 Å². The molecule has 2 aromatic carbocycles. The number of hydrogen-bond acceptors (Lipinski definition) is 7. The van der Waals surface area contributed by atoms with Gasteiger partial charge in [0, 0.05) is 18.6 Å². The molecule has 174 valence electrons. The lowest BCUT2D eigenvalue weighted by Crippen LogP contribution is -2.43. The summed E-state index contributed by atoms with van der Waals surface area (Å²) in [6, 6.07) is 13.5. The lowest BCUT2D eigenvalue weighted by atomic mass is 10.2. The van der Waals surface area contributed by atoms with Gasteiger partial charge in [0.25, 0.3) is 0 Å². The molecule has 3 atom stereocenters. The van der Waals surface area contributed by atoms with Gasteiger partial charge in [-0.2, -0.15) is 4.67 Å². The Balaban J connectivity index is 2.03. The molecule has 0 spiro atoms. The molecule has 1 aliphatic heterocycles. The van der Waals surface area contributed by atoms with Crippen molar-refractivity contribution in [1.29, 1.82) is 0 Å². The molecule has 8 nitrogen and oxygen atoms in total. The van der Waals surface area contributed by atoms with E-state index in [1.807, 2.05) is 0 Å². The number of nitrogens with zero attached hydrogens (tertiary/aromatic N) is 1. The van der Waals surface area contributed by atoms with Crippen LogP contribution in [-0.4, -0.2) is 56.9 Å². The van der Waals surface area contributed by atoms with Gasteiger partial charge in [0.05, 0.1) is 31.7 Å². The van der Waals surface area contributed by atoms with Crippen LogP contribution >= 0.6 is 19.1 Å². The second-order valence-electron chi connectivity index (χ2n) is 7.04. The Hall–Kier alpha value is -2.09. The first-order valence-corrected chi connectivity index (χ1v) is 12.1. The maximum Gasteiger partial charge on any atom is 0.320 e. The van der Waals surface area contributed by atoms with Crippen molar-refractivity contribution in [3.8, 4) is 11.5 Å². The summed E-state index contributed by atoms with van der Waals surface area (Å²) in [7, 11) is -0.639. The largest absolute Gasteiger partial charge is 0.497 e. The minimum Gasteiger partial charge on any atom is -0.497 e. The van der Waals surface area contributed by atoms with Crippen LogP contribution in [-0.2, 0) is 23.4 Å². The molecular formula is C22H27ClNO7P. The van der Waals surface area contributed by atoms with Crippen LogP contribution < -0.4 is 14.8 Å². The number of hydrogen-bond donors (Lipinski definition) is 0. The normalized spacial score (nSPS) is 23.9. The van der Waals surface area contributed by atoms with E-state index < -0.39 is 25.8 Å². The van der Waals surface area contributed by atoms with E-state index in [1.54, 1.807) is 69.7 Å². The summed E-state index contributed by atoms with van der Waals surface area (Å²) in [6.07, 6.45) is -0.870. The van der Waals surface area contributed by atoms with Crippen LogP contribution in [0, 0.1) is 0 Å². The van der Waals surface area contributed by atoms with Crippen LogP contribution in [0.3, 0.4) is 0 Å². The molecule has 0 aliphatic carbocycles. The van der Waals surface area contributed by atoms with Crippen molar-refractivity contribution >= 4 is 30.4 Å². The van der Waals surface area contributed by atoms with Crippen molar-refractivity contribution in [3.05, 3.63) is 53.6 Å². The monoisotopic (exact) mass is 483 g/mol. The summed E-state index contributed by atoms with van der Waals surface area (Å²) in [4.78, 5) is 12.5. The first kappa shape index (κ1) is 24.6. The Morgan fingerprint density at radius 1 is 1.12 bits per heavy atom. The zero-order valence-corrected chi connectivity index (χ0v) is 19.9. The average molecular weight is 484 g/mol. The summed E-state index contributed by atoms with van der Waals surface area (Å²) in [6.45, 7) is 1.69. The highest BCUT2D eigenvalue weighted by molar-refractivity contribution is 7.64. The molecule has 1 aliphatic rings. The van der Waals surface area contributed by atoms with Crippen LogP contribution in [0.1, 0.15) is 13.3 Å². The van der Waals surface area contributed by atoms with Gasteiger partial charge in [0.15, 0.2) is 6.23 Å². The Morgan fingerprint density at radius 2 is 1.78 bits per heavy atom. The van der Waals surface area contributed by atoms with Gasteiger partial charge in [0.2, 0.25) is 0 Å². The predicted molar refractivity (Wildman–Crippen MR) is 121 cm³/mol. The maximum atomic E-state index is 14.3. The Morgan fingerprint density at radius 3 is 2.38 bits per heavy atom. The van der Waals surface area contributed by atoms with Crippen molar-refractivity contribution in [2.24, 2.45) is 0 Å². The zero-order chi connectivity index (χ0) is 23.1. The first-order valence-electron chi connectivity index (χ1n) is 10.2. The topological polar surface area (TPSA) is 83.5 Å². The quantitative estimate of drug-likeness (QED) is 0.413. The molecule has 0 N–H and O–H groups in total. The van der Waals surface area contributed by atoms with Crippen molar-refractivity contribution in [1.82, 2.24) is 4.67 Å². The fourth-order valence-corrected chi connectivity index (χ4v) is 5.71. The third-order valence-electron chi connectivity index (χ3n) is 4.98. The highest BCUT2D eigenvalue weighted by Gasteiger charge is 2.45. The predicted octanol–water partition coefficient (Wildman–Crippen LogP) is 3.87. The van der Waals surface area contributed by atoms with Crippen molar-refractivity contribution in [2.75, 3.05) is 34.0 Å². The van der Waals surface area contributed by atoms with Gasteiger partial charge in [-0.3, -0.25) is 9.36 Å². The van der Waals surface area contributed by atoms with E-state index in [9.17, 15) is 9.36 Å². The minimum absolute atomic E-state index is 0.0691. The molecule has 32 heavy (non-hydrogen) atoms. The molecule has 1 heterocycles. The summed E-state index contributed by atoms with van der Waals surface area (Å²) in [5.74, 6) is 0.576. The van der Waals surface area contributed by atoms with E-state index in [4.69, 9.17) is 35.1 Å². The van der Waals surface area contributed by atoms with Gasteiger partial charge in [-0.05, 0) is 55.5 Å². The fourth-order valence-electron chi connectivity index (χ4n) is 3.31. The zero-order valence-electron chi connectivity index (χ0n) is 18.2. The van der Waals surface area contributed by atoms with Gasteiger partial charge < -0.3 is 23.5 Å². The third-order valence-corrected chi connectivity index (χ3v) is 7.76. The lowest BCUT2D eigenvalue weighted by Gasteiger charge is -2.34. The van der Waals surface area contributed by atoms with Crippen LogP contribution in [0.25, 0.3) is 0 Å². The third kappa shape index (κ3) is 5.82. The molecule has 0 bridgehead atoms. The number of methoxy groups -OCH3 is 2. The number of halogens is 1. The molecular weight excluding hydrogens is 457 g/mol. The van der Waals surface area contributed by atoms with Crippen LogP contribution in [0.5, 0.6) is 11.5 Å². The van der Waals surface area contributed by atoms with Crippen molar-refractivity contribution < 1.29 is 32.8 Å². The van der Waals surface area contributed by atoms with E-state index >= 15 is 0 Å². The number of rotatable bonds is 8. The molecule has 10 heteroatoms. The van der Waals surface area contributed by atoms with Gasteiger partial charge in [-0.25, -0.2) is 0 Å². The number of esters is 1. The highest BCUT2D eigenvalue weighted by atomic mass is 35.5. The second kappa shape index (κ2) is 11.2. The maximum absolute atomic E-state index is 14.3. The molecule has 0 amide bonds. The van der Waals surface area contributed by atoms with Gasteiger partial charge >= 0.3 is 13.5 Å². The van der Waals surface area contributed by atoms with Crippen molar-refractivity contribution in [2.45, 2.75) is 25.7 Å². The Bertz CT molecular complexity index is 938. The number of ether oxygens (including phenoxy) is 4. The molecule has 2 aromatic rings. The van der Waals surface area contributed by atoms with Crippen LogP contribution in [0.15, 0.2) is 48.5 Å². The summed E-state index contributed by atoms with van der Waals surface area (Å²) in [5, 5.41) is 0.965. The van der Waals surface area contributed by atoms with E-state index in [1.165, 1.54) is 4.67 Å². The molecule has 1 saturated heterocycles. The first-order chi connectivity index (χ1) is 15.4. The summed E-state index contributed by atoms with van der Waals surface area (Å²) < 4.78 is 43.7. The fraction of sp³-hybridized carbons (Fsp3) is 0.409. The lowest BCUT2D eigenvalue weighted by molar-refractivity contribution is -0.145. The standard InChI is InChI=1S/C22H27ClNO7P/c1-4-29-22(25)14-24-21(31-18-7-5-16(23)6-8-18)13-19(28-3)15-30-32(24,26)20-11-9-17(27-2)10-12-20/h5-12,19,21H,4,13-15H2,1-3H3. The van der Waals surface area contributed by atoms with Crippen LogP contribution in [0.2, 0.25) is 5.02 Å². The Kier molecular flexibility index (Phi) is 8.57. The molecule has 1 fully saturated rings. The van der Waals surface area contributed by atoms with E-state index in [2.05, 4.69) is 0 Å². The molecule has 3 rings (SSSR count). The van der Waals surface area contributed by atoms with E-state index in [0.717, 1.165) is 0 Å². The number of carbonyl (C=O) groups excluding carboxylic acids is 1. The molecule has 3 unspecified atom stereocenters. The molecule has 0 saturated carbocycles. The molecule has 0 aromatic heterocycles. The average Bonchev–Trinajstić information content (AvgIpc) is 2.93. The number of carbonyl (C=O) groups is 1. The highest BCUT2D eigenvalue weighted by Crippen LogP contribution is 2.53. The van der Waals surface area contributed by atoms with Crippen molar-refractivity contribution in [3.63, 3.8) is 0 Å². The van der Waals surface area contributed by atoms with E-state index in [-0.39, 0.29) is 19.8 Å².